The first-order chi connectivity index (χ1) is 11.6. The first-order valence-electron chi connectivity index (χ1n) is 8.27. The zero-order valence-electron chi connectivity index (χ0n) is 13.6. The summed E-state index contributed by atoms with van der Waals surface area (Å²) < 4.78 is 19.8. The fourth-order valence-corrected chi connectivity index (χ4v) is 3.52. The number of carbonyl (C=O) groups excluding carboxylic acids is 1. The fourth-order valence-electron chi connectivity index (χ4n) is 3.52. The Balaban J connectivity index is 1.66. The third kappa shape index (κ3) is 2.41. The van der Waals surface area contributed by atoms with Gasteiger partial charge in [0.25, 0.3) is 0 Å². The lowest BCUT2D eigenvalue weighted by Gasteiger charge is -2.37. The number of hydrogen-bond acceptors (Lipinski definition) is 3. The Morgan fingerprint density at radius 1 is 1.42 bits per heavy atom. The molecule has 1 aliphatic carbocycles. The molecule has 0 unspecified atom stereocenters. The molecule has 24 heavy (non-hydrogen) atoms. The average Bonchev–Trinajstić information content (AvgIpc) is 3.29. The molecular weight excluding hydrogens is 309 g/mol. The van der Waals surface area contributed by atoms with E-state index in [0.29, 0.717) is 38.2 Å². The van der Waals surface area contributed by atoms with E-state index in [1.807, 2.05) is 6.92 Å². The number of aromatic amines is 1. The van der Waals surface area contributed by atoms with Gasteiger partial charge in [-0.15, -0.1) is 0 Å². The molecule has 1 N–H and O–H groups in total. The summed E-state index contributed by atoms with van der Waals surface area (Å²) in [6, 6.07) is 6.35. The zero-order valence-corrected chi connectivity index (χ0v) is 13.6. The summed E-state index contributed by atoms with van der Waals surface area (Å²) in [5.74, 6) is 0.404. The molecule has 5 nitrogen and oxygen atoms in total. The van der Waals surface area contributed by atoms with E-state index in [-0.39, 0.29) is 17.8 Å². The monoisotopic (exact) mass is 329 g/mol. The Bertz CT molecular complexity index is 769. The second kappa shape index (κ2) is 5.70. The zero-order chi connectivity index (χ0) is 16.7. The van der Waals surface area contributed by atoms with Gasteiger partial charge in [-0.1, -0.05) is 18.2 Å². The molecule has 1 aromatic heterocycles. The number of amides is 1. The maximum Gasteiger partial charge on any atom is 0.234 e. The van der Waals surface area contributed by atoms with Crippen molar-refractivity contribution in [3.05, 3.63) is 53.4 Å². The molecule has 1 amide bonds. The van der Waals surface area contributed by atoms with Crippen LogP contribution in [0.15, 0.2) is 30.5 Å². The van der Waals surface area contributed by atoms with E-state index in [4.69, 9.17) is 4.74 Å². The minimum absolute atomic E-state index is 0.0186. The molecular formula is C18H20FN3O2. The van der Waals surface area contributed by atoms with Crippen LogP contribution in [0.25, 0.3) is 0 Å². The van der Waals surface area contributed by atoms with E-state index in [9.17, 15) is 9.18 Å². The van der Waals surface area contributed by atoms with Crippen molar-refractivity contribution in [3.8, 4) is 0 Å². The summed E-state index contributed by atoms with van der Waals surface area (Å²) in [6.07, 6.45) is 3.12. The topological polar surface area (TPSA) is 58.2 Å². The Morgan fingerprint density at radius 2 is 2.21 bits per heavy atom. The maximum absolute atomic E-state index is 14.3. The lowest BCUT2D eigenvalue weighted by atomic mass is 9.93. The van der Waals surface area contributed by atoms with E-state index in [1.54, 1.807) is 29.3 Å². The Hall–Kier alpha value is -2.21. The summed E-state index contributed by atoms with van der Waals surface area (Å²) in [4.78, 5) is 22.7. The molecule has 2 aromatic rings. The third-order valence-electron chi connectivity index (χ3n) is 4.98. The van der Waals surface area contributed by atoms with Crippen molar-refractivity contribution in [2.45, 2.75) is 31.2 Å². The molecule has 0 spiro atoms. The standard InChI is InChI=1S/C18H20FN3O2/c1-12-10-20-16(21-12)15-11-24-9-8-22(15)17(23)18(6-7-18)13-4-2-3-5-14(13)19/h2-5,10,15H,6-9,11H2,1H3,(H,20,21)/t15-/m0/s1. The number of aromatic nitrogens is 2. The fraction of sp³-hybridized carbons (Fsp3) is 0.444. The smallest absolute Gasteiger partial charge is 0.234 e. The number of halogens is 1. The molecule has 2 heterocycles. The SMILES string of the molecule is Cc1cnc([C@@H]2COCCN2C(=O)C2(c3ccccc3F)CC2)[nH]1. The van der Waals surface area contributed by atoms with Crippen molar-refractivity contribution in [1.29, 1.82) is 0 Å². The van der Waals surface area contributed by atoms with Gasteiger partial charge in [-0.05, 0) is 25.8 Å². The van der Waals surface area contributed by atoms with Gasteiger partial charge in [-0.2, -0.15) is 0 Å². The number of H-pyrrole nitrogens is 1. The number of rotatable bonds is 3. The molecule has 1 atom stereocenters. The number of imidazole rings is 1. The number of nitrogens with zero attached hydrogens (tertiary/aromatic N) is 2. The second-order valence-corrected chi connectivity index (χ2v) is 6.60. The summed E-state index contributed by atoms with van der Waals surface area (Å²) in [5.41, 5.74) is 0.733. The van der Waals surface area contributed by atoms with Gasteiger partial charge >= 0.3 is 0 Å². The summed E-state index contributed by atoms with van der Waals surface area (Å²) in [6.45, 7) is 3.33. The van der Waals surface area contributed by atoms with Crippen LogP contribution < -0.4 is 0 Å². The second-order valence-electron chi connectivity index (χ2n) is 6.60. The molecule has 126 valence electrons. The number of hydrogen-bond donors (Lipinski definition) is 1. The molecule has 1 saturated carbocycles. The summed E-state index contributed by atoms with van der Waals surface area (Å²) >= 11 is 0. The highest BCUT2D eigenvalue weighted by Crippen LogP contribution is 2.51. The van der Waals surface area contributed by atoms with Gasteiger partial charge in [0.2, 0.25) is 5.91 Å². The van der Waals surface area contributed by atoms with Crippen molar-refractivity contribution in [2.24, 2.45) is 0 Å². The van der Waals surface area contributed by atoms with Crippen molar-refractivity contribution in [3.63, 3.8) is 0 Å². The third-order valence-corrected chi connectivity index (χ3v) is 4.98. The van der Waals surface area contributed by atoms with E-state index >= 15 is 0 Å². The van der Waals surface area contributed by atoms with Gasteiger partial charge in [0.05, 0.1) is 18.6 Å². The lowest BCUT2D eigenvalue weighted by Crippen LogP contribution is -2.48. The first-order valence-corrected chi connectivity index (χ1v) is 8.27. The van der Waals surface area contributed by atoms with Crippen LogP contribution in [0.2, 0.25) is 0 Å². The summed E-state index contributed by atoms with van der Waals surface area (Å²) in [7, 11) is 0. The van der Waals surface area contributed by atoms with Crippen LogP contribution in [0, 0.1) is 12.7 Å². The van der Waals surface area contributed by atoms with Crippen LogP contribution in [0.5, 0.6) is 0 Å². The van der Waals surface area contributed by atoms with E-state index < -0.39 is 5.41 Å². The van der Waals surface area contributed by atoms with Crippen molar-refractivity contribution < 1.29 is 13.9 Å². The number of nitrogens with one attached hydrogen (secondary N) is 1. The molecule has 6 heteroatoms. The molecule has 1 saturated heterocycles. The molecule has 2 aliphatic rings. The Morgan fingerprint density at radius 3 is 2.88 bits per heavy atom. The van der Waals surface area contributed by atoms with Gasteiger partial charge in [-0.3, -0.25) is 4.79 Å². The van der Waals surface area contributed by atoms with E-state index in [0.717, 1.165) is 11.5 Å². The van der Waals surface area contributed by atoms with Crippen LogP contribution in [0.4, 0.5) is 4.39 Å². The van der Waals surface area contributed by atoms with Crippen LogP contribution in [-0.2, 0) is 14.9 Å². The molecule has 0 bridgehead atoms. The predicted octanol–water partition coefficient (Wildman–Crippen LogP) is 2.49. The number of ether oxygens (including phenoxy) is 1. The van der Waals surface area contributed by atoms with Crippen molar-refractivity contribution in [2.75, 3.05) is 19.8 Å². The van der Waals surface area contributed by atoms with E-state index in [1.165, 1.54) is 6.07 Å². The minimum Gasteiger partial charge on any atom is -0.377 e. The molecule has 4 rings (SSSR count). The number of aryl methyl sites for hydroxylation is 1. The average molecular weight is 329 g/mol. The number of benzene rings is 1. The van der Waals surface area contributed by atoms with Crippen molar-refractivity contribution in [1.82, 2.24) is 14.9 Å². The molecule has 0 radical (unpaired) electrons. The summed E-state index contributed by atoms with van der Waals surface area (Å²) in [5, 5.41) is 0. The van der Waals surface area contributed by atoms with Gasteiger partial charge in [0, 0.05) is 24.0 Å². The Kier molecular flexibility index (Phi) is 3.64. The predicted molar refractivity (Wildman–Crippen MR) is 85.9 cm³/mol. The molecule has 2 fully saturated rings. The van der Waals surface area contributed by atoms with Crippen molar-refractivity contribution >= 4 is 5.91 Å². The van der Waals surface area contributed by atoms with Gasteiger partial charge in [0.15, 0.2) is 0 Å². The first kappa shape index (κ1) is 15.3. The van der Waals surface area contributed by atoms with E-state index in [2.05, 4.69) is 9.97 Å². The molecule has 1 aliphatic heterocycles. The Labute approximate surface area is 139 Å². The van der Waals surface area contributed by atoms with Gasteiger partial charge in [0.1, 0.15) is 17.7 Å². The van der Waals surface area contributed by atoms with Gasteiger partial charge < -0.3 is 14.6 Å². The normalized spacial score (nSPS) is 22.4. The minimum atomic E-state index is -0.720. The maximum atomic E-state index is 14.3. The lowest BCUT2D eigenvalue weighted by molar-refractivity contribution is -0.143. The highest BCUT2D eigenvalue weighted by Gasteiger charge is 2.55. The largest absolute Gasteiger partial charge is 0.377 e. The van der Waals surface area contributed by atoms with Crippen LogP contribution in [-0.4, -0.2) is 40.5 Å². The highest BCUT2D eigenvalue weighted by molar-refractivity contribution is 5.91. The van der Waals surface area contributed by atoms with Crippen LogP contribution >= 0.6 is 0 Å². The number of morpholine rings is 1. The quantitative estimate of drug-likeness (QED) is 0.941. The molecule has 1 aromatic carbocycles. The van der Waals surface area contributed by atoms with Crippen LogP contribution in [0.3, 0.4) is 0 Å². The van der Waals surface area contributed by atoms with Gasteiger partial charge in [-0.25, -0.2) is 9.37 Å². The highest BCUT2D eigenvalue weighted by atomic mass is 19.1. The van der Waals surface area contributed by atoms with Crippen LogP contribution in [0.1, 0.15) is 36.0 Å². The number of carbonyl (C=O) groups is 1.